The molecule has 1 unspecified atom stereocenters. The molecular weight excluding hydrogens is 342 g/mol. The summed E-state index contributed by atoms with van der Waals surface area (Å²) in [4.78, 5) is 17.2. The molecule has 4 rings (SSSR count). The van der Waals surface area contributed by atoms with Crippen LogP contribution in [-0.2, 0) is 0 Å². The van der Waals surface area contributed by atoms with Crippen molar-refractivity contribution in [2.24, 2.45) is 5.92 Å². The number of pyridine rings is 1. The predicted molar refractivity (Wildman–Crippen MR) is 101 cm³/mol. The zero-order valence-corrected chi connectivity index (χ0v) is 15.4. The molecule has 2 aromatic heterocycles. The van der Waals surface area contributed by atoms with Gasteiger partial charge < -0.3 is 14.9 Å². The number of rotatable bonds is 5. The van der Waals surface area contributed by atoms with Crippen molar-refractivity contribution in [1.29, 1.82) is 0 Å². The summed E-state index contributed by atoms with van der Waals surface area (Å²) in [6.07, 6.45) is 2.81. The lowest BCUT2D eigenvalue weighted by atomic mass is 9.75. The zero-order chi connectivity index (χ0) is 19.0. The van der Waals surface area contributed by atoms with E-state index in [1.54, 1.807) is 12.3 Å². The van der Waals surface area contributed by atoms with Crippen LogP contribution in [0.2, 0.25) is 0 Å². The molecule has 0 bridgehead atoms. The molecule has 2 N–H and O–H groups in total. The molecule has 1 amide bonds. The molecule has 1 fully saturated rings. The van der Waals surface area contributed by atoms with Gasteiger partial charge >= 0.3 is 0 Å². The number of carbonyl (C=O) groups is 1. The lowest BCUT2D eigenvalue weighted by Crippen LogP contribution is -2.41. The number of amides is 1. The number of hydrogen-bond donors (Lipinski definition) is 2. The quantitative estimate of drug-likeness (QED) is 0.721. The van der Waals surface area contributed by atoms with Gasteiger partial charge in [-0.1, -0.05) is 37.2 Å². The molecule has 0 radical (unpaired) electrons. The van der Waals surface area contributed by atoms with Gasteiger partial charge in [0.25, 0.3) is 5.91 Å². The highest BCUT2D eigenvalue weighted by Crippen LogP contribution is 2.38. The van der Waals surface area contributed by atoms with Gasteiger partial charge in [0.15, 0.2) is 0 Å². The average Bonchev–Trinajstić information content (AvgIpc) is 3.14. The van der Waals surface area contributed by atoms with Crippen LogP contribution in [0.25, 0.3) is 10.9 Å². The monoisotopic (exact) mass is 365 g/mol. The standard InChI is InChI=1S/C21H23N3O3/c1-12(2)18-10-19(27-24-18)21(26)23-20(14-8-16(25)9-14)15-7-13-5-3-4-6-17(13)22-11-15/h3-7,10-12,14,16,20,25H,8-9H2,1-2H3,(H,23,26). The number of aliphatic hydroxyl groups is 1. The number of nitrogens with one attached hydrogen (secondary N) is 1. The number of benzene rings is 1. The first-order valence-corrected chi connectivity index (χ1v) is 9.31. The molecule has 140 valence electrons. The van der Waals surface area contributed by atoms with Gasteiger partial charge in [-0.15, -0.1) is 0 Å². The van der Waals surface area contributed by atoms with E-state index in [-0.39, 0.29) is 35.6 Å². The lowest BCUT2D eigenvalue weighted by molar-refractivity contribution is 0.0231. The SMILES string of the molecule is CC(C)c1cc(C(=O)NC(c2cnc3ccccc3c2)C2CC(O)C2)on1. The number of hydrogen-bond acceptors (Lipinski definition) is 5. The van der Waals surface area contributed by atoms with Crippen LogP contribution in [0.1, 0.15) is 60.5 Å². The summed E-state index contributed by atoms with van der Waals surface area (Å²) in [6, 6.07) is 11.4. The molecule has 6 nitrogen and oxygen atoms in total. The third kappa shape index (κ3) is 3.57. The minimum atomic E-state index is -0.305. The number of aliphatic hydroxyl groups excluding tert-OH is 1. The summed E-state index contributed by atoms with van der Waals surface area (Å²) >= 11 is 0. The van der Waals surface area contributed by atoms with E-state index in [0.29, 0.717) is 12.8 Å². The van der Waals surface area contributed by atoms with Crippen LogP contribution in [0.15, 0.2) is 47.1 Å². The molecular formula is C21H23N3O3. The molecule has 1 aliphatic carbocycles. The molecule has 6 heteroatoms. The van der Waals surface area contributed by atoms with Crippen LogP contribution in [0.3, 0.4) is 0 Å². The Morgan fingerprint density at radius 1 is 1.26 bits per heavy atom. The van der Waals surface area contributed by atoms with Crippen LogP contribution in [0.4, 0.5) is 0 Å². The molecule has 1 saturated carbocycles. The first kappa shape index (κ1) is 17.7. The molecule has 0 aliphatic heterocycles. The highest BCUT2D eigenvalue weighted by Gasteiger charge is 2.36. The van der Waals surface area contributed by atoms with Crippen LogP contribution in [-0.4, -0.2) is 27.3 Å². The van der Waals surface area contributed by atoms with Crippen molar-refractivity contribution >= 4 is 16.8 Å². The van der Waals surface area contributed by atoms with Gasteiger partial charge in [0.05, 0.1) is 23.4 Å². The topological polar surface area (TPSA) is 88.2 Å². The van der Waals surface area contributed by atoms with Crippen LogP contribution >= 0.6 is 0 Å². The Balaban J connectivity index is 1.61. The van der Waals surface area contributed by atoms with Gasteiger partial charge in [-0.3, -0.25) is 9.78 Å². The maximum atomic E-state index is 12.7. The second-order valence-electron chi connectivity index (χ2n) is 7.57. The third-order valence-corrected chi connectivity index (χ3v) is 5.22. The smallest absolute Gasteiger partial charge is 0.290 e. The summed E-state index contributed by atoms with van der Waals surface area (Å²) in [5.41, 5.74) is 2.60. The summed E-state index contributed by atoms with van der Waals surface area (Å²) in [5.74, 6) is 0.267. The van der Waals surface area contributed by atoms with E-state index in [9.17, 15) is 9.90 Å². The van der Waals surface area contributed by atoms with Gasteiger partial charge in [-0.2, -0.15) is 0 Å². The number of para-hydroxylation sites is 1. The summed E-state index contributed by atoms with van der Waals surface area (Å²) in [7, 11) is 0. The second kappa shape index (κ2) is 7.12. The van der Waals surface area contributed by atoms with Crippen LogP contribution < -0.4 is 5.32 Å². The largest absolute Gasteiger partial charge is 0.393 e. The van der Waals surface area contributed by atoms with E-state index in [2.05, 4.69) is 21.5 Å². The molecule has 3 aromatic rings. The van der Waals surface area contributed by atoms with E-state index >= 15 is 0 Å². The molecule has 0 saturated heterocycles. The van der Waals surface area contributed by atoms with Crippen molar-refractivity contribution in [3.05, 3.63) is 59.6 Å². The number of fused-ring (bicyclic) bond motifs is 1. The Morgan fingerprint density at radius 3 is 2.74 bits per heavy atom. The van der Waals surface area contributed by atoms with Gasteiger partial charge in [0.2, 0.25) is 5.76 Å². The van der Waals surface area contributed by atoms with Gasteiger partial charge in [-0.25, -0.2) is 0 Å². The Kier molecular flexibility index (Phi) is 4.66. The fourth-order valence-corrected chi connectivity index (χ4v) is 3.51. The maximum Gasteiger partial charge on any atom is 0.290 e. The molecule has 1 atom stereocenters. The Labute approximate surface area is 157 Å². The fraction of sp³-hybridized carbons (Fsp3) is 0.381. The lowest BCUT2D eigenvalue weighted by Gasteiger charge is -2.38. The van der Waals surface area contributed by atoms with Gasteiger partial charge in [0.1, 0.15) is 0 Å². The van der Waals surface area contributed by atoms with Crippen molar-refractivity contribution in [3.63, 3.8) is 0 Å². The van der Waals surface area contributed by atoms with Crippen molar-refractivity contribution < 1.29 is 14.4 Å². The van der Waals surface area contributed by atoms with E-state index < -0.39 is 0 Å². The van der Waals surface area contributed by atoms with E-state index in [1.807, 2.05) is 38.1 Å². The molecule has 2 heterocycles. The number of carbonyl (C=O) groups excluding carboxylic acids is 1. The summed E-state index contributed by atoms with van der Waals surface area (Å²) in [5, 5.41) is 17.8. The van der Waals surface area contributed by atoms with Crippen LogP contribution in [0.5, 0.6) is 0 Å². The maximum absolute atomic E-state index is 12.7. The summed E-state index contributed by atoms with van der Waals surface area (Å²) in [6.45, 7) is 4.00. The third-order valence-electron chi connectivity index (χ3n) is 5.22. The second-order valence-corrected chi connectivity index (χ2v) is 7.57. The van der Waals surface area contributed by atoms with Crippen LogP contribution in [0, 0.1) is 5.92 Å². The number of nitrogens with zero attached hydrogens (tertiary/aromatic N) is 2. The molecule has 0 spiro atoms. The van der Waals surface area contributed by atoms with E-state index in [4.69, 9.17) is 4.52 Å². The minimum Gasteiger partial charge on any atom is -0.393 e. The van der Waals surface area contributed by atoms with Crippen molar-refractivity contribution in [2.75, 3.05) is 0 Å². The highest BCUT2D eigenvalue weighted by molar-refractivity contribution is 5.91. The fourth-order valence-electron chi connectivity index (χ4n) is 3.51. The molecule has 1 aromatic carbocycles. The predicted octanol–water partition coefficient (Wildman–Crippen LogP) is 3.59. The first-order chi connectivity index (χ1) is 13.0. The first-order valence-electron chi connectivity index (χ1n) is 9.31. The summed E-state index contributed by atoms with van der Waals surface area (Å²) < 4.78 is 5.22. The van der Waals surface area contributed by atoms with Gasteiger partial charge in [-0.05, 0) is 42.4 Å². The Bertz CT molecular complexity index is 960. The average molecular weight is 365 g/mol. The number of aromatic nitrogens is 2. The Hall–Kier alpha value is -2.73. The van der Waals surface area contributed by atoms with E-state index in [0.717, 1.165) is 22.2 Å². The molecule has 1 aliphatic rings. The van der Waals surface area contributed by atoms with Crippen molar-refractivity contribution in [1.82, 2.24) is 15.5 Å². The van der Waals surface area contributed by atoms with Crippen molar-refractivity contribution in [2.45, 2.75) is 44.8 Å². The normalized spacial score (nSPS) is 20.4. The molecule has 27 heavy (non-hydrogen) atoms. The minimum absolute atomic E-state index is 0.166. The Morgan fingerprint density at radius 2 is 2.04 bits per heavy atom. The highest BCUT2D eigenvalue weighted by atomic mass is 16.5. The van der Waals surface area contributed by atoms with E-state index in [1.165, 1.54) is 0 Å². The zero-order valence-electron chi connectivity index (χ0n) is 15.4. The van der Waals surface area contributed by atoms with Crippen molar-refractivity contribution in [3.8, 4) is 0 Å². The van der Waals surface area contributed by atoms with Gasteiger partial charge in [0, 0.05) is 17.6 Å².